The number of aryl methyl sites for hydroxylation is 2. The minimum atomic E-state index is -0.980. The number of fused-ring (bicyclic) bond motifs is 2. The highest BCUT2D eigenvalue weighted by molar-refractivity contribution is 7.20. The first-order chi connectivity index (χ1) is 20.9. The van der Waals surface area contributed by atoms with Crippen LogP contribution in [-0.4, -0.2) is 62.7 Å². The van der Waals surface area contributed by atoms with Crippen molar-refractivity contribution in [1.82, 2.24) is 19.4 Å². The van der Waals surface area contributed by atoms with E-state index in [2.05, 4.69) is 17.1 Å². The number of aromatic carboxylic acids is 1. The third-order valence-corrected chi connectivity index (χ3v) is 10.0. The summed E-state index contributed by atoms with van der Waals surface area (Å²) in [5.41, 5.74) is 6.42. The minimum Gasteiger partial charge on any atom is -0.477 e. The number of pyridine rings is 1. The molecule has 0 atom stereocenters. The maximum atomic E-state index is 13.6. The molecule has 1 saturated heterocycles. The van der Waals surface area contributed by atoms with Crippen LogP contribution >= 0.6 is 22.7 Å². The first-order valence-electron chi connectivity index (χ1n) is 14.0. The van der Waals surface area contributed by atoms with Gasteiger partial charge >= 0.3 is 5.97 Å². The molecule has 0 saturated carbocycles. The zero-order valence-corrected chi connectivity index (χ0v) is 25.3. The Hall–Kier alpha value is -4.38. The van der Waals surface area contributed by atoms with E-state index in [0.717, 1.165) is 64.8 Å². The Morgan fingerprint density at radius 1 is 0.930 bits per heavy atom. The van der Waals surface area contributed by atoms with Crippen LogP contribution < -0.4 is 0 Å². The van der Waals surface area contributed by atoms with Crippen LogP contribution in [0.4, 0.5) is 0 Å². The Balaban J connectivity index is 1.42. The fourth-order valence-electron chi connectivity index (χ4n) is 5.79. The number of amides is 1. The molecule has 0 unspecified atom stereocenters. The molecule has 1 amide bonds. The summed E-state index contributed by atoms with van der Waals surface area (Å²) >= 11 is 2.84. The highest BCUT2D eigenvalue weighted by Gasteiger charge is 2.27. The summed E-state index contributed by atoms with van der Waals surface area (Å²) in [6.07, 6.45) is 0. The number of thiazole rings is 1. The molecular weight excluding hydrogens is 581 g/mol. The van der Waals surface area contributed by atoms with Gasteiger partial charge in [-0.1, -0.05) is 42.5 Å². The van der Waals surface area contributed by atoms with E-state index in [1.54, 1.807) is 17.4 Å². The summed E-state index contributed by atoms with van der Waals surface area (Å²) in [6, 6.07) is 22.0. The molecule has 1 N–H and O–H groups in total. The van der Waals surface area contributed by atoms with Crippen molar-refractivity contribution in [2.24, 2.45) is 0 Å². The summed E-state index contributed by atoms with van der Waals surface area (Å²) in [5.74, 6) is -1.000. The van der Waals surface area contributed by atoms with Crippen molar-refractivity contribution in [2.45, 2.75) is 20.4 Å². The second-order valence-electron chi connectivity index (χ2n) is 10.6. The molecule has 0 aliphatic carbocycles. The molecule has 5 heterocycles. The van der Waals surface area contributed by atoms with Crippen LogP contribution in [-0.2, 0) is 16.1 Å². The van der Waals surface area contributed by atoms with Crippen molar-refractivity contribution in [3.63, 3.8) is 0 Å². The number of hydrogen-bond donors (Lipinski definition) is 1. The van der Waals surface area contributed by atoms with Gasteiger partial charge in [-0.15, -0.1) is 22.7 Å². The Morgan fingerprint density at radius 3 is 2.44 bits per heavy atom. The zero-order valence-electron chi connectivity index (χ0n) is 23.7. The molecule has 0 spiro atoms. The first kappa shape index (κ1) is 27.5. The SMILES string of the molecule is Cc1nc(C)c(-c2ccc3cc(-c4c(-c5ccccc5)c5cc(C(=O)O)sc5n4CC(=O)N4CCOCC4)ccc3n2)s1. The van der Waals surface area contributed by atoms with Crippen molar-refractivity contribution >= 4 is 55.7 Å². The van der Waals surface area contributed by atoms with Gasteiger partial charge in [0.05, 0.1) is 45.7 Å². The summed E-state index contributed by atoms with van der Waals surface area (Å²) in [5, 5.41) is 12.7. The summed E-state index contributed by atoms with van der Waals surface area (Å²) < 4.78 is 7.47. The van der Waals surface area contributed by atoms with Crippen LogP contribution in [0.15, 0.2) is 66.7 Å². The molecule has 216 valence electrons. The number of carboxylic acids is 1. The number of ether oxygens (including phenoxy) is 1. The Morgan fingerprint density at radius 2 is 1.72 bits per heavy atom. The van der Waals surface area contributed by atoms with E-state index in [1.165, 1.54) is 11.3 Å². The van der Waals surface area contributed by atoms with Crippen LogP contribution in [0.25, 0.3) is 54.1 Å². The van der Waals surface area contributed by atoms with Crippen molar-refractivity contribution in [1.29, 1.82) is 0 Å². The van der Waals surface area contributed by atoms with E-state index in [9.17, 15) is 14.7 Å². The van der Waals surface area contributed by atoms with Crippen LogP contribution in [0.5, 0.6) is 0 Å². The highest BCUT2D eigenvalue weighted by atomic mass is 32.1. The van der Waals surface area contributed by atoms with Crippen LogP contribution in [0.3, 0.4) is 0 Å². The topological polar surface area (TPSA) is 97.5 Å². The van der Waals surface area contributed by atoms with Gasteiger partial charge in [0.25, 0.3) is 0 Å². The lowest BCUT2D eigenvalue weighted by Gasteiger charge is -2.27. The smallest absolute Gasteiger partial charge is 0.345 e. The van der Waals surface area contributed by atoms with Gasteiger partial charge in [0, 0.05) is 29.4 Å². The van der Waals surface area contributed by atoms with Crippen LogP contribution in [0.2, 0.25) is 0 Å². The zero-order chi connectivity index (χ0) is 29.7. The largest absolute Gasteiger partial charge is 0.477 e. The van der Waals surface area contributed by atoms with Gasteiger partial charge in [0.15, 0.2) is 0 Å². The Kier molecular flexibility index (Phi) is 7.04. The van der Waals surface area contributed by atoms with Gasteiger partial charge in [-0.2, -0.15) is 0 Å². The van der Waals surface area contributed by atoms with Crippen LogP contribution in [0, 0.1) is 13.8 Å². The van der Waals surface area contributed by atoms with E-state index < -0.39 is 5.97 Å². The van der Waals surface area contributed by atoms with Gasteiger partial charge in [-0.3, -0.25) is 4.79 Å². The standard InChI is InChI=1S/C33H28N4O4S2/c1-19-31(42-20(2)34-19)26-11-8-22-16-23(9-10-25(22)35-26)30-29(21-6-4-3-5-7-21)24-17-27(33(39)40)43-32(24)37(30)18-28(38)36-12-14-41-15-13-36/h3-11,16-17H,12-15,18H2,1-2H3,(H,39,40). The maximum absolute atomic E-state index is 13.6. The molecule has 43 heavy (non-hydrogen) atoms. The van der Waals surface area contributed by atoms with Crippen molar-refractivity contribution in [3.05, 3.63) is 82.3 Å². The molecule has 7 rings (SSSR count). The van der Waals surface area contributed by atoms with E-state index in [4.69, 9.17) is 9.72 Å². The maximum Gasteiger partial charge on any atom is 0.345 e. The number of aromatic nitrogens is 3. The molecule has 0 radical (unpaired) electrons. The molecule has 6 aromatic rings. The minimum absolute atomic E-state index is 0.0198. The fourth-order valence-corrected chi connectivity index (χ4v) is 7.69. The average Bonchev–Trinajstić information content (AvgIpc) is 3.69. The van der Waals surface area contributed by atoms with Crippen molar-refractivity contribution in [2.75, 3.05) is 26.3 Å². The van der Waals surface area contributed by atoms with E-state index in [1.807, 2.05) is 71.8 Å². The monoisotopic (exact) mass is 608 g/mol. The number of carboxylic acid groups (broad SMARTS) is 1. The predicted molar refractivity (Wildman–Crippen MR) is 171 cm³/mol. The number of hydrogen-bond acceptors (Lipinski definition) is 7. The average molecular weight is 609 g/mol. The van der Waals surface area contributed by atoms with E-state index in [0.29, 0.717) is 26.3 Å². The molecule has 0 bridgehead atoms. The second-order valence-corrected chi connectivity index (χ2v) is 12.8. The van der Waals surface area contributed by atoms with Gasteiger partial charge < -0.3 is 19.3 Å². The quantitative estimate of drug-likeness (QED) is 0.221. The number of thiophene rings is 1. The molecule has 1 aliphatic heterocycles. The van der Waals surface area contributed by atoms with Gasteiger partial charge in [0.2, 0.25) is 5.91 Å². The highest BCUT2D eigenvalue weighted by Crippen LogP contribution is 2.45. The number of benzene rings is 2. The van der Waals surface area contributed by atoms with Crippen LogP contribution in [0.1, 0.15) is 20.4 Å². The molecule has 1 fully saturated rings. The van der Waals surface area contributed by atoms with Crippen molar-refractivity contribution in [3.8, 4) is 33.0 Å². The molecule has 4 aromatic heterocycles. The third kappa shape index (κ3) is 5.01. The fraction of sp³-hybridized carbons (Fsp3) is 0.212. The van der Waals surface area contributed by atoms with Gasteiger partial charge in [0.1, 0.15) is 16.3 Å². The Bertz CT molecular complexity index is 2020. The Labute approximate surface area is 255 Å². The number of carbonyl (C=O) groups excluding carboxylic acids is 1. The normalized spacial score (nSPS) is 13.7. The lowest BCUT2D eigenvalue weighted by atomic mass is 9.98. The third-order valence-electron chi connectivity index (χ3n) is 7.76. The molecule has 8 nitrogen and oxygen atoms in total. The van der Waals surface area contributed by atoms with Gasteiger partial charge in [-0.25, -0.2) is 14.8 Å². The number of morpholine rings is 1. The molecule has 1 aliphatic rings. The lowest BCUT2D eigenvalue weighted by molar-refractivity contribution is -0.135. The van der Waals surface area contributed by atoms with Gasteiger partial charge in [-0.05, 0) is 49.2 Å². The second kappa shape index (κ2) is 11.0. The predicted octanol–water partition coefficient (Wildman–Crippen LogP) is 6.88. The summed E-state index contributed by atoms with van der Waals surface area (Å²) in [4.78, 5) is 39.1. The number of carbonyl (C=O) groups is 2. The lowest BCUT2D eigenvalue weighted by Crippen LogP contribution is -2.42. The van der Waals surface area contributed by atoms with E-state index >= 15 is 0 Å². The first-order valence-corrected chi connectivity index (χ1v) is 15.7. The van der Waals surface area contributed by atoms with E-state index in [-0.39, 0.29) is 17.3 Å². The molecule has 2 aromatic carbocycles. The summed E-state index contributed by atoms with van der Waals surface area (Å²) in [6.45, 7) is 6.20. The number of rotatable bonds is 6. The molecule has 10 heteroatoms. The van der Waals surface area contributed by atoms with Crippen molar-refractivity contribution < 1.29 is 19.4 Å². The number of nitrogens with zero attached hydrogens (tertiary/aromatic N) is 4. The molecular formula is C33H28N4O4S2. The summed E-state index contributed by atoms with van der Waals surface area (Å²) in [7, 11) is 0.